The summed E-state index contributed by atoms with van der Waals surface area (Å²) in [5, 5.41) is 10.7. The molecule has 2 rings (SSSR count). The number of aromatic hydroxyl groups is 1. The first-order valence-corrected chi connectivity index (χ1v) is 7.10. The number of aromatic amines is 1. The lowest BCUT2D eigenvalue weighted by atomic mass is 10.1. The molecule has 6 heteroatoms. The Morgan fingerprint density at radius 3 is 2.57 bits per heavy atom. The first-order valence-electron chi connectivity index (χ1n) is 6.72. The maximum Gasteiger partial charge on any atom is 0.331 e. The SMILES string of the molecule is CC(C)CCn1c(O)c(-c2ccccc2Cl)c(=O)[nH]c1=O. The molecular weight excluding hydrogens is 292 g/mol. The number of hydrogen-bond donors (Lipinski definition) is 2. The number of benzene rings is 1. The van der Waals surface area contributed by atoms with Gasteiger partial charge in [-0.2, -0.15) is 0 Å². The molecule has 0 aliphatic rings. The Hall–Kier alpha value is -2.01. The molecule has 0 radical (unpaired) electrons. The molecule has 0 saturated carbocycles. The maximum atomic E-state index is 12.0. The molecule has 0 fully saturated rings. The average Bonchev–Trinajstić information content (AvgIpc) is 2.40. The van der Waals surface area contributed by atoms with Crippen molar-refractivity contribution in [2.45, 2.75) is 26.8 Å². The Morgan fingerprint density at radius 2 is 1.95 bits per heavy atom. The van der Waals surface area contributed by atoms with Gasteiger partial charge in [0.25, 0.3) is 5.56 Å². The Balaban J connectivity index is 2.63. The first kappa shape index (κ1) is 15.4. The molecule has 1 aromatic heterocycles. The number of hydrogen-bond acceptors (Lipinski definition) is 3. The van der Waals surface area contributed by atoms with Crippen molar-refractivity contribution >= 4 is 11.6 Å². The summed E-state index contributed by atoms with van der Waals surface area (Å²) in [6.45, 7) is 4.36. The van der Waals surface area contributed by atoms with Gasteiger partial charge in [-0.1, -0.05) is 43.6 Å². The van der Waals surface area contributed by atoms with Gasteiger partial charge >= 0.3 is 5.69 Å². The minimum atomic E-state index is -0.647. The quantitative estimate of drug-likeness (QED) is 0.911. The zero-order chi connectivity index (χ0) is 15.6. The molecule has 0 spiro atoms. The van der Waals surface area contributed by atoms with Gasteiger partial charge in [0.1, 0.15) is 5.56 Å². The normalized spacial score (nSPS) is 11.0. The minimum absolute atomic E-state index is 0.0176. The van der Waals surface area contributed by atoms with E-state index in [0.717, 1.165) is 0 Å². The molecule has 2 aromatic rings. The lowest BCUT2D eigenvalue weighted by Crippen LogP contribution is -2.31. The standard InChI is InChI=1S/C15H17ClN2O3/c1-9(2)7-8-18-14(20)12(13(19)17-15(18)21)10-5-3-4-6-11(10)16/h3-6,9,20H,7-8H2,1-2H3,(H,17,19,21). The fourth-order valence-electron chi connectivity index (χ4n) is 2.06. The second-order valence-electron chi connectivity index (χ2n) is 5.27. The zero-order valence-electron chi connectivity index (χ0n) is 11.9. The predicted octanol–water partition coefficient (Wildman–Crippen LogP) is 2.61. The number of rotatable bonds is 4. The molecule has 1 heterocycles. The van der Waals surface area contributed by atoms with E-state index in [1.807, 2.05) is 13.8 Å². The van der Waals surface area contributed by atoms with E-state index in [-0.39, 0.29) is 11.4 Å². The fraction of sp³-hybridized carbons (Fsp3) is 0.333. The number of halogens is 1. The van der Waals surface area contributed by atoms with Gasteiger partial charge in [0, 0.05) is 17.1 Å². The van der Waals surface area contributed by atoms with Gasteiger partial charge in [-0.15, -0.1) is 0 Å². The number of aromatic nitrogens is 2. The van der Waals surface area contributed by atoms with Crippen molar-refractivity contribution in [2.24, 2.45) is 5.92 Å². The van der Waals surface area contributed by atoms with Crippen molar-refractivity contribution in [1.82, 2.24) is 9.55 Å². The summed E-state index contributed by atoms with van der Waals surface area (Å²) < 4.78 is 1.17. The van der Waals surface area contributed by atoms with E-state index in [1.54, 1.807) is 24.3 Å². The zero-order valence-corrected chi connectivity index (χ0v) is 12.6. The van der Waals surface area contributed by atoms with Crippen molar-refractivity contribution in [2.75, 3.05) is 0 Å². The molecule has 0 aliphatic carbocycles. The van der Waals surface area contributed by atoms with E-state index in [4.69, 9.17) is 11.6 Å². The highest BCUT2D eigenvalue weighted by Gasteiger charge is 2.17. The van der Waals surface area contributed by atoms with E-state index in [0.29, 0.717) is 29.5 Å². The Morgan fingerprint density at radius 1 is 1.29 bits per heavy atom. The summed E-state index contributed by atoms with van der Waals surface area (Å²) >= 11 is 6.07. The van der Waals surface area contributed by atoms with Crippen LogP contribution in [0.3, 0.4) is 0 Å². The van der Waals surface area contributed by atoms with E-state index in [2.05, 4.69) is 4.98 Å². The Kier molecular flexibility index (Phi) is 4.53. The Labute approximate surface area is 126 Å². The van der Waals surface area contributed by atoms with Crippen molar-refractivity contribution in [1.29, 1.82) is 0 Å². The third-order valence-corrected chi connectivity index (χ3v) is 3.57. The Bertz CT molecular complexity index is 762. The monoisotopic (exact) mass is 308 g/mol. The highest BCUT2D eigenvalue weighted by molar-refractivity contribution is 6.33. The highest BCUT2D eigenvalue weighted by atomic mass is 35.5. The third-order valence-electron chi connectivity index (χ3n) is 3.25. The van der Waals surface area contributed by atoms with Crippen molar-refractivity contribution in [3.8, 4) is 17.0 Å². The van der Waals surface area contributed by atoms with Crippen LogP contribution in [-0.4, -0.2) is 14.7 Å². The maximum absolute atomic E-state index is 12.0. The molecule has 0 atom stereocenters. The molecule has 112 valence electrons. The summed E-state index contributed by atoms with van der Waals surface area (Å²) in [5.74, 6) is 0.0180. The van der Waals surface area contributed by atoms with E-state index in [1.165, 1.54) is 4.57 Å². The lowest BCUT2D eigenvalue weighted by Gasteiger charge is -2.13. The van der Waals surface area contributed by atoms with Crippen LogP contribution in [0.25, 0.3) is 11.1 Å². The molecule has 0 bridgehead atoms. The molecule has 0 amide bonds. The molecule has 2 N–H and O–H groups in total. The summed E-state index contributed by atoms with van der Waals surface area (Å²) in [7, 11) is 0. The minimum Gasteiger partial charge on any atom is -0.494 e. The van der Waals surface area contributed by atoms with Crippen LogP contribution in [0, 0.1) is 5.92 Å². The van der Waals surface area contributed by atoms with Gasteiger partial charge < -0.3 is 5.11 Å². The van der Waals surface area contributed by atoms with Crippen molar-refractivity contribution in [3.63, 3.8) is 0 Å². The second kappa shape index (κ2) is 6.18. The van der Waals surface area contributed by atoms with Crippen LogP contribution in [0.5, 0.6) is 5.88 Å². The van der Waals surface area contributed by atoms with Crippen molar-refractivity contribution < 1.29 is 5.11 Å². The van der Waals surface area contributed by atoms with Crippen LogP contribution in [-0.2, 0) is 6.54 Å². The van der Waals surface area contributed by atoms with Crippen LogP contribution >= 0.6 is 11.6 Å². The van der Waals surface area contributed by atoms with Gasteiger partial charge in [-0.25, -0.2) is 4.79 Å². The van der Waals surface area contributed by atoms with Crippen LogP contribution in [0.2, 0.25) is 5.02 Å². The summed E-state index contributed by atoms with van der Waals surface area (Å²) in [4.78, 5) is 26.1. The van der Waals surface area contributed by atoms with Gasteiger partial charge in [0.2, 0.25) is 5.88 Å². The molecule has 5 nitrogen and oxygen atoms in total. The van der Waals surface area contributed by atoms with Gasteiger partial charge in [-0.3, -0.25) is 14.3 Å². The molecule has 0 unspecified atom stereocenters. The number of H-pyrrole nitrogens is 1. The fourth-order valence-corrected chi connectivity index (χ4v) is 2.29. The summed E-state index contributed by atoms with van der Waals surface area (Å²) in [6, 6.07) is 6.69. The topological polar surface area (TPSA) is 75.1 Å². The highest BCUT2D eigenvalue weighted by Crippen LogP contribution is 2.30. The van der Waals surface area contributed by atoms with Gasteiger partial charge in [0.15, 0.2) is 0 Å². The summed E-state index contributed by atoms with van der Waals surface area (Å²) in [5.41, 5.74) is -0.847. The first-order chi connectivity index (χ1) is 9.91. The molecule has 1 aromatic carbocycles. The number of nitrogens with one attached hydrogen (secondary N) is 1. The lowest BCUT2D eigenvalue weighted by molar-refractivity contribution is 0.386. The van der Waals surface area contributed by atoms with Gasteiger partial charge in [0.05, 0.1) is 0 Å². The number of nitrogens with zero attached hydrogens (tertiary/aromatic N) is 1. The van der Waals surface area contributed by atoms with Crippen LogP contribution in [0.15, 0.2) is 33.9 Å². The molecular formula is C15H17ClN2O3. The van der Waals surface area contributed by atoms with Crippen LogP contribution in [0.4, 0.5) is 0 Å². The smallest absolute Gasteiger partial charge is 0.331 e. The van der Waals surface area contributed by atoms with Crippen molar-refractivity contribution in [3.05, 3.63) is 50.1 Å². The van der Waals surface area contributed by atoms with E-state index >= 15 is 0 Å². The predicted molar refractivity (Wildman–Crippen MR) is 82.9 cm³/mol. The molecule has 21 heavy (non-hydrogen) atoms. The molecule has 0 aliphatic heterocycles. The average molecular weight is 309 g/mol. The largest absolute Gasteiger partial charge is 0.494 e. The van der Waals surface area contributed by atoms with Crippen LogP contribution in [0.1, 0.15) is 20.3 Å². The third kappa shape index (κ3) is 3.19. The molecule has 0 saturated heterocycles. The van der Waals surface area contributed by atoms with E-state index in [9.17, 15) is 14.7 Å². The second-order valence-corrected chi connectivity index (χ2v) is 5.68. The van der Waals surface area contributed by atoms with Gasteiger partial charge in [-0.05, 0) is 18.4 Å². The van der Waals surface area contributed by atoms with E-state index < -0.39 is 11.2 Å². The van der Waals surface area contributed by atoms with Crippen LogP contribution < -0.4 is 11.2 Å². The summed E-state index contributed by atoms with van der Waals surface area (Å²) in [6.07, 6.45) is 0.710.